The molecule has 0 aliphatic carbocycles. The molecule has 0 bridgehead atoms. The maximum Gasteiger partial charge on any atom is 0.377 e. The standard InChI is InChI=1S/C7H10F2N2O3/c8-7(9)1-4(14-6(7)13)2-11-3-5(10)12/h4,11H,1-3H2,(H2,10,12). The Morgan fingerprint density at radius 2 is 2.36 bits per heavy atom. The van der Waals surface area contributed by atoms with Gasteiger partial charge in [0.25, 0.3) is 0 Å². The van der Waals surface area contributed by atoms with Crippen LogP contribution in [-0.2, 0) is 14.3 Å². The van der Waals surface area contributed by atoms with Crippen molar-refractivity contribution in [2.75, 3.05) is 13.1 Å². The zero-order chi connectivity index (χ0) is 10.8. The van der Waals surface area contributed by atoms with Gasteiger partial charge in [0.1, 0.15) is 6.10 Å². The monoisotopic (exact) mass is 208 g/mol. The molecule has 14 heavy (non-hydrogen) atoms. The largest absolute Gasteiger partial charge is 0.456 e. The summed E-state index contributed by atoms with van der Waals surface area (Å²) in [4.78, 5) is 20.8. The lowest BCUT2D eigenvalue weighted by Crippen LogP contribution is -2.34. The third-order valence-corrected chi connectivity index (χ3v) is 1.73. The SMILES string of the molecule is NC(=O)CNCC1CC(F)(F)C(=O)O1. The summed E-state index contributed by atoms with van der Waals surface area (Å²) in [6.07, 6.45) is -1.55. The van der Waals surface area contributed by atoms with Gasteiger partial charge in [-0.3, -0.25) is 4.79 Å². The fourth-order valence-electron chi connectivity index (χ4n) is 1.12. The van der Waals surface area contributed by atoms with Gasteiger partial charge in [-0.1, -0.05) is 0 Å². The van der Waals surface area contributed by atoms with E-state index in [0.717, 1.165) is 0 Å². The molecule has 1 unspecified atom stereocenters. The molecule has 5 nitrogen and oxygen atoms in total. The van der Waals surface area contributed by atoms with E-state index in [0.29, 0.717) is 0 Å². The Kier molecular flexibility index (Phi) is 3.00. The Labute approximate surface area is 78.6 Å². The van der Waals surface area contributed by atoms with E-state index in [1.807, 2.05) is 0 Å². The van der Waals surface area contributed by atoms with Crippen molar-refractivity contribution >= 4 is 11.9 Å². The van der Waals surface area contributed by atoms with Crippen LogP contribution in [0.25, 0.3) is 0 Å². The summed E-state index contributed by atoms with van der Waals surface area (Å²) in [7, 11) is 0. The maximum atomic E-state index is 12.6. The number of ether oxygens (including phenoxy) is 1. The number of amides is 1. The molecule has 0 radical (unpaired) electrons. The second-order valence-electron chi connectivity index (χ2n) is 3.03. The lowest BCUT2D eigenvalue weighted by molar-refractivity contribution is -0.158. The summed E-state index contributed by atoms with van der Waals surface area (Å²) in [6, 6.07) is 0. The highest BCUT2D eigenvalue weighted by atomic mass is 19.3. The van der Waals surface area contributed by atoms with Gasteiger partial charge in [0.05, 0.1) is 13.0 Å². The fourth-order valence-corrected chi connectivity index (χ4v) is 1.12. The van der Waals surface area contributed by atoms with E-state index < -0.39 is 30.3 Å². The molecule has 0 spiro atoms. The summed E-state index contributed by atoms with van der Waals surface area (Å²) in [5, 5.41) is 2.50. The first-order valence-electron chi connectivity index (χ1n) is 4.00. The number of primary amides is 1. The Hall–Kier alpha value is -1.24. The smallest absolute Gasteiger partial charge is 0.377 e. The number of alkyl halides is 2. The second-order valence-corrected chi connectivity index (χ2v) is 3.03. The molecule has 0 saturated carbocycles. The van der Waals surface area contributed by atoms with Crippen LogP contribution in [0.4, 0.5) is 8.78 Å². The molecule has 0 aromatic carbocycles. The van der Waals surface area contributed by atoms with Crippen molar-refractivity contribution in [2.24, 2.45) is 5.73 Å². The molecule has 1 atom stereocenters. The zero-order valence-electron chi connectivity index (χ0n) is 7.26. The van der Waals surface area contributed by atoms with E-state index in [-0.39, 0.29) is 13.1 Å². The Morgan fingerprint density at radius 1 is 1.71 bits per heavy atom. The quantitative estimate of drug-likeness (QED) is 0.581. The van der Waals surface area contributed by atoms with Crippen molar-refractivity contribution in [3.63, 3.8) is 0 Å². The van der Waals surface area contributed by atoms with Gasteiger partial charge in [0, 0.05) is 6.54 Å². The van der Waals surface area contributed by atoms with Crippen LogP contribution in [0.15, 0.2) is 0 Å². The highest BCUT2D eigenvalue weighted by molar-refractivity contribution is 5.79. The van der Waals surface area contributed by atoms with Crippen LogP contribution in [-0.4, -0.2) is 37.0 Å². The van der Waals surface area contributed by atoms with E-state index in [1.165, 1.54) is 0 Å². The van der Waals surface area contributed by atoms with Crippen LogP contribution >= 0.6 is 0 Å². The van der Waals surface area contributed by atoms with Crippen LogP contribution in [0.2, 0.25) is 0 Å². The van der Waals surface area contributed by atoms with Crippen molar-refractivity contribution in [3.05, 3.63) is 0 Å². The normalized spacial score (nSPS) is 24.7. The first kappa shape index (κ1) is 10.8. The van der Waals surface area contributed by atoms with Crippen LogP contribution in [0.5, 0.6) is 0 Å². The molecule has 1 heterocycles. The summed E-state index contributed by atoms with van der Waals surface area (Å²) < 4.78 is 29.5. The van der Waals surface area contributed by atoms with Gasteiger partial charge in [0.15, 0.2) is 0 Å². The van der Waals surface area contributed by atoms with Crippen molar-refractivity contribution in [1.29, 1.82) is 0 Å². The molecule has 1 aliphatic rings. The molecule has 0 aromatic rings. The molecule has 1 fully saturated rings. The minimum atomic E-state index is -3.40. The van der Waals surface area contributed by atoms with Gasteiger partial charge in [-0.25, -0.2) is 4.79 Å². The van der Waals surface area contributed by atoms with Gasteiger partial charge in [-0.05, 0) is 0 Å². The van der Waals surface area contributed by atoms with Crippen molar-refractivity contribution in [3.8, 4) is 0 Å². The minimum Gasteiger partial charge on any atom is -0.456 e. The van der Waals surface area contributed by atoms with Crippen molar-refractivity contribution in [1.82, 2.24) is 5.32 Å². The van der Waals surface area contributed by atoms with Gasteiger partial charge in [-0.2, -0.15) is 8.78 Å². The van der Waals surface area contributed by atoms with Gasteiger partial charge in [0.2, 0.25) is 5.91 Å². The number of esters is 1. The van der Waals surface area contributed by atoms with E-state index >= 15 is 0 Å². The lowest BCUT2D eigenvalue weighted by atomic mass is 10.2. The van der Waals surface area contributed by atoms with Crippen LogP contribution < -0.4 is 11.1 Å². The minimum absolute atomic E-state index is 0.00424. The highest BCUT2D eigenvalue weighted by Crippen LogP contribution is 2.30. The summed E-state index contributed by atoms with van der Waals surface area (Å²) >= 11 is 0. The summed E-state index contributed by atoms with van der Waals surface area (Å²) in [5.41, 5.74) is 4.80. The van der Waals surface area contributed by atoms with Crippen molar-refractivity contribution < 1.29 is 23.1 Å². The molecule has 1 saturated heterocycles. The van der Waals surface area contributed by atoms with E-state index in [2.05, 4.69) is 10.1 Å². The van der Waals surface area contributed by atoms with Gasteiger partial charge < -0.3 is 15.8 Å². The number of nitrogens with two attached hydrogens (primary N) is 1. The molecule has 80 valence electrons. The van der Waals surface area contributed by atoms with Crippen LogP contribution in [0, 0.1) is 0 Å². The summed E-state index contributed by atoms with van der Waals surface area (Å²) in [5.74, 6) is -5.51. The molecule has 1 aliphatic heterocycles. The Morgan fingerprint density at radius 3 is 2.79 bits per heavy atom. The number of halogens is 2. The first-order valence-corrected chi connectivity index (χ1v) is 4.00. The first-order chi connectivity index (χ1) is 6.42. The highest BCUT2D eigenvalue weighted by Gasteiger charge is 2.50. The molecular formula is C7H10F2N2O3. The molecular weight excluding hydrogens is 198 g/mol. The van der Waals surface area contributed by atoms with E-state index in [9.17, 15) is 18.4 Å². The molecule has 1 rings (SSSR count). The number of carbonyl (C=O) groups excluding carboxylic acids is 2. The molecule has 0 aromatic heterocycles. The summed E-state index contributed by atoms with van der Waals surface area (Å²) in [6.45, 7) is -0.121. The number of hydrogen-bond donors (Lipinski definition) is 2. The number of carbonyl (C=O) groups is 2. The fraction of sp³-hybridized carbons (Fsp3) is 0.714. The third-order valence-electron chi connectivity index (χ3n) is 1.73. The maximum absolute atomic E-state index is 12.6. The average Bonchev–Trinajstić information content (AvgIpc) is 2.25. The van der Waals surface area contributed by atoms with Crippen LogP contribution in [0.3, 0.4) is 0 Å². The van der Waals surface area contributed by atoms with Crippen LogP contribution in [0.1, 0.15) is 6.42 Å². The third kappa shape index (κ3) is 2.63. The molecule has 3 N–H and O–H groups in total. The van der Waals surface area contributed by atoms with Crippen molar-refractivity contribution in [2.45, 2.75) is 18.4 Å². The van der Waals surface area contributed by atoms with E-state index in [1.54, 1.807) is 0 Å². The number of cyclic esters (lactones) is 1. The predicted molar refractivity (Wildman–Crippen MR) is 41.5 cm³/mol. The number of rotatable bonds is 4. The predicted octanol–water partition coefficient (Wildman–Crippen LogP) is -0.988. The van der Waals surface area contributed by atoms with Gasteiger partial charge in [-0.15, -0.1) is 0 Å². The number of hydrogen-bond acceptors (Lipinski definition) is 4. The van der Waals surface area contributed by atoms with Gasteiger partial charge >= 0.3 is 11.9 Å². The van der Waals surface area contributed by atoms with E-state index in [4.69, 9.17) is 5.73 Å². The molecule has 7 heteroatoms. The number of nitrogens with one attached hydrogen (secondary N) is 1. The Balaban J connectivity index is 2.29. The second kappa shape index (κ2) is 3.87. The average molecular weight is 208 g/mol. The lowest BCUT2D eigenvalue weighted by Gasteiger charge is -2.07. The Bertz CT molecular complexity index is 257. The topological polar surface area (TPSA) is 81.4 Å². The zero-order valence-corrected chi connectivity index (χ0v) is 7.26. The molecule has 1 amide bonds.